The van der Waals surface area contributed by atoms with E-state index >= 15 is 0 Å². The molecule has 0 atom stereocenters. The predicted molar refractivity (Wildman–Crippen MR) is 165 cm³/mol. The van der Waals surface area contributed by atoms with Crippen LogP contribution in [0.5, 0.6) is 0 Å². The van der Waals surface area contributed by atoms with E-state index in [-0.39, 0.29) is 6.71 Å². The Morgan fingerprint density at radius 3 is 1.45 bits per heavy atom. The summed E-state index contributed by atoms with van der Waals surface area (Å²) in [7, 11) is 0. The second-order valence-electron chi connectivity index (χ2n) is 9.15. The third-order valence-electron chi connectivity index (χ3n) is 6.57. The highest BCUT2D eigenvalue weighted by atomic mass is 14.8. The Morgan fingerprint density at radius 2 is 0.947 bits per heavy atom. The fraction of sp³-hybridized carbons (Fsp3) is 0. The second kappa shape index (κ2) is 11.9. The Balaban J connectivity index is 1.49. The lowest BCUT2D eigenvalue weighted by Crippen LogP contribution is -2.51. The quantitative estimate of drug-likeness (QED) is 0.222. The van der Waals surface area contributed by atoms with Crippen LogP contribution >= 0.6 is 0 Å². The summed E-state index contributed by atoms with van der Waals surface area (Å²) in [6.07, 6.45) is 1.93. The summed E-state index contributed by atoms with van der Waals surface area (Å²) in [6.45, 7) is 4.35. The summed E-state index contributed by atoms with van der Waals surface area (Å²) in [5, 5.41) is 0. The van der Waals surface area contributed by atoms with Gasteiger partial charge in [0.15, 0.2) is 0 Å². The number of nitrogens with two attached hydrogens (primary N) is 1. The highest BCUT2D eigenvalue weighted by molar-refractivity contribution is 6.95. The molecule has 2 nitrogen and oxygen atoms in total. The van der Waals surface area contributed by atoms with Gasteiger partial charge in [0, 0.05) is 11.3 Å². The molecule has 3 heteroatoms. The van der Waals surface area contributed by atoms with Gasteiger partial charge in [-0.15, -0.1) is 0 Å². The Bertz CT molecular complexity index is 1500. The van der Waals surface area contributed by atoms with E-state index in [9.17, 15) is 0 Å². The standard InChI is InChI=1S/C35H29BN2/c1-27(28-14-6-2-7-15-28)38-35(30-16-8-3-9-17-30)26-34(37)29-22-24-33(25-23-29)36(31-18-10-4-11-19-31)32-20-12-5-13-21-32/h2-26H,1,37H2/b34-26-,38-35?. The van der Waals surface area contributed by atoms with Gasteiger partial charge in [-0.3, -0.25) is 0 Å². The number of hydrogen-bond acceptors (Lipinski definition) is 2. The van der Waals surface area contributed by atoms with Crippen LogP contribution in [0.2, 0.25) is 0 Å². The number of hydrogen-bond donors (Lipinski definition) is 1. The van der Waals surface area contributed by atoms with Crippen LogP contribution in [0.4, 0.5) is 0 Å². The minimum atomic E-state index is 0.146. The van der Waals surface area contributed by atoms with Crippen LogP contribution in [0.3, 0.4) is 0 Å². The van der Waals surface area contributed by atoms with Crippen molar-refractivity contribution in [1.29, 1.82) is 0 Å². The van der Waals surface area contributed by atoms with Gasteiger partial charge in [-0.25, -0.2) is 4.99 Å². The Hall–Kier alpha value is -4.89. The number of allylic oxidation sites excluding steroid dienone is 1. The number of rotatable bonds is 8. The minimum absolute atomic E-state index is 0.146. The molecule has 0 unspecified atom stereocenters. The number of benzene rings is 5. The van der Waals surface area contributed by atoms with Gasteiger partial charge in [-0.1, -0.05) is 169 Å². The lowest BCUT2D eigenvalue weighted by molar-refractivity contribution is 1.49. The summed E-state index contributed by atoms with van der Waals surface area (Å²) in [6, 6.07) is 49.8. The molecule has 5 rings (SSSR count). The van der Waals surface area contributed by atoms with Crippen LogP contribution < -0.4 is 22.1 Å². The molecule has 0 aliphatic carbocycles. The van der Waals surface area contributed by atoms with Crippen LogP contribution in [0.15, 0.2) is 163 Å². The Kier molecular flexibility index (Phi) is 7.76. The molecule has 0 bridgehead atoms. The number of nitrogens with zero attached hydrogens (tertiary/aromatic N) is 1. The summed E-state index contributed by atoms with van der Waals surface area (Å²) in [5.74, 6) is 0. The van der Waals surface area contributed by atoms with Crippen molar-refractivity contribution in [2.75, 3.05) is 0 Å². The van der Waals surface area contributed by atoms with E-state index in [1.54, 1.807) is 0 Å². The average Bonchev–Trinajstić information content (AvgIpc) is 2.99. The van der Waals surface area contributed by atoms with Gasteiger partial charge in [0.1, 0.15) is 0 Å². The molecule has 2 N–H and O–H groups in total. The van der Waals surface area contributed by atoms with Crippen molar-refractivity contribution in [2.45, 2.75) is 0 Å². The van der Waals surface area contributed by atoms with Crippen molar-refractivity contribution in [3.63, 3.8) is 0 Å². The smallest absolute Gasteiger partial charge is 0.241 e. The lowest BCUT2D eigenvalue weighted by Gasteiger charge is -2.16. The molecule has 0 saturated carbocycles. The fourth-order valence-corrected chi connectivity index (χ4v) is 4.60. The maximum atomic E-state index is 6.65. The molecule has 5 aromatic carbocycles. The molecule has 0 aromatic heterocycles. The van der Waals surface area contributed by atoms with E-state index in [4.69, 9.17) is 10.7 Å². The topological polar surface area (TPSA) is 38.4 Å². The first-order valence-electron chi connectivity index (χ1n) is 12.7. The summed E-state index contributed by atoms with van der Waals surface area (Å²) < 4.78 is 0. The van der Waals surface area contributed by atoms with Crippen molar-refractivity contribution in [3.05, 3.63) is 175 Å². The van der Waals surface area contributed by atoms with Crippen LogP contribution in [0.1, 0.15) is 16.7 Å². The molecule has 38 heavy (non-hydrogen) atoms. The fourth-order valence-electron chi connectivity index (χ4n) is 4.60. The maximum Gasteiger partial charge on any atom is 0.241 e. The third kappa shape index (κ3) is 5.91. The van der Waals surface area contributed by atoms with E-state index in [1.807, 2.05) is 66.7 Å². The van der Waals surface area contributed by atoms with Crippen molar-refractivity contribution in [1.82, 2.24) is 0 Å². The lowest BCUT2D eigenvalue weighted by atomic mass is 9.37. The van der Waals surface area contributed by atoms with Crippen LogP contribution in [0, 0.1) is 0 Å². The summed E-state index contributed by atoms with van der Waals surface area (Å²) >= 11 is 0. The van der Waals surface area contributed by atoms with Crippen LogP contribution in [0.25, 0.3) is 11.4 Å². The molecular formula is C35H29BN2. The predicted octanol–water partition coefficient (Wildman–Crippen LogP) is 5.66. The van der Waals surface area contributed by atoms with E-state index in [1.165, 1.54) is 16.4 Å². The summed E-state index contributed by atoms with van der Waals surface area (Å²) in [5.41, 5.74) is 15.4. The molecule has 0 aliphatic rings. The molecule has 0 radical (unpaired) electrons. The van der Waals surface area contributed by atoms with E-state index in [0.29, 0.717) is 11.4 Å². The van der Waals surface area contributed by atoms with Gasteiger partial charge in [-0.2, -0.15) is 0 Å². The van der Waals surface area contributed by atoms with Crippen molar-refractivity contribution in [2.24, 2.45) is 10.7 Å². The molecule has 0 saturated heterocycles. The first kappa shape index (κ1) is 24.8. The average molecular weight is 488 g/mol. The molecule has 0 fully saturated rings. The maximum absolute atomic E-state index is 6.65. The van der Waals surface area contributed by atoms with Gasteiger partial charge < -0.3 is 5.73 Å². The monoisotopic (exact) mass is 488 g/mol. The summed E-state index contributed by atoms with van der Waals surface area (Å²) in [4.78, 5) is 4.87. The normalized spacial score (nSPS) is 11.7. The van der Waals surface area contributed by atoms with Gasteiger partial charge in [0.25, 0.3) is 0 Å². The van der Waals surface area contributed by atoms with E-state index < -0.39 is 0 Å². The van der Waals surface area contributed by atoms with E-state index in [0.717, 1.165) is 22.4 Å². The van der Waals surface area contributed by atoms with Gasteiger partial charge >= 0.3 is 0 Å². The molecular weight excluding hydrogens is 459 g/mol. The van der Waals surface area contributed by atoms with Crippen LogP contribution in [-0.2, 0) is 0 Å². The molecule has 182 valence electrons. The Labute approximate surface area is 225 Å². The SMILES string of the molecule is C=C(N=C(/C=C(\N)c1ccc(B(c2ccccc2)c2ccccc2)cc1)c1ccccc1)c1ccccc1. The van der Waals surface area contributed by atoms with Crippen molar-refractivity contribution in [3.8, 4) is 0 Å². The van der Waals surface area contributed by atoms with Crippen LogP contribution in [-0.4, -0.2) is 12.4 Å². The zero-order chi connectivity index (χ0) is 26.2. The van der Waals surface area contributed by atoms with E-state index in [2.05, 4.69) is 91.5 Å². The first-order chi connectivity index (χ1) is 18.7. The highest BCUT2D eigenvalue weighted by Crippen LogP contribution is 2.17. The van der Waals surface area contributed by atoms with Gasteiger partial charge in [0.05, 0.1) is 11.4 Å². The largest absolute Gasteiger partial charge is 0.398 e. The van der Waals surface area contributed by atoms with Crippen molar-refractivity contribution >= 4 is 40.2 Å². The van der Waals surface area contributed by atoms with Gasteiger partial charge in [-0.05, 0) is 17.2 Å². The highest BCUT2D eigenvalue weighted by Gasteiger charge is 2.21. The zero-order valence-corrected chi connectivity index (χ0v) is 21.2. The minimum Gasteiger partial charge on any atom is -0.398 e. The molecule has 0 aliphatic heterocycles. The Morgan fingerprint density at radius 1 is 0.526 bits per heavy atom. The second-order valence-corrected chi connectivity index (χ2v) is 9.15. The molecule has 0 heterocycles. The molecule has 5 aromatic rings. The van der Waals surface area contributed by atoms with Crippen molar-refractivity contribution < 1.29 is 0 Å². The zero-order valence-electron chi connectivity index (χ0n) is 21.2. The first-order valence-corrected chi connectivity index (χ1v) is 12.7. The molecule has 0 amide bonds. The van der Waals surface area contributed by atoms with Gasteiger partial charge in [0.2, 0.25) is 6.71 Å². The third-order valence-corrected chi connectivity index (χ3v) is 6.57. The number of aliphatic imine (C=N–C) groups is 1. The molecule has 0 spiro atoms.